The fourth-order valence-electron chi connectivity index (χ4n) is 3.00. The Morgan fingerprint density at radius 1 is 1.00 bits per heavy atom. The number of carbonyl (C=O) groups excluding carboxylic acids is 1. The van der Waals surface area contributed by atoms with E-state index in [4.69, 9.17) is 0 Å². The zero-order chi connectivity index (χ0) is 18.8. The highest BCUT2D eigenvalue weighted by molar-refractivity contribution is 7.18. The molecule has 0 saturated carbocycles. The summed E-state index contributed by atoms with van der Waals surface area (Å²) < 4.78 is 3.13. The van der Waals surface area contributed by atoms with Gasteiger partial charge in [-0.2, -0.15) is 0 Å². The van der Waals surface area contributed by atoms with Gasteiger partial charge < -0.3 is 0 Å². The molecule has 8 heteroatoms. The lowest BCUT2D eigenvalue weighted by Crippen LogP contribution is -2.29. The molecule has 2 aromatic carbocycles. The van der Waals surface area contributed by atoms with Gasteiger partial charge in [0.05, 0.1) is 11.0 Å². The van der Waals surface area contributed by atoms with Crippen molar-refractivity contribution in [2.75, 3.05) is 5.32 Å². The molecule has 1 amide bonds. The first-order chi connectivity index (χ1) is 13.2. The number of aromatic nitrogens is 4. The predicted molar refractivity (Wildman–Crippen MR) is 106 cm³/mol. The van der Waals surface area contributed by atoms with Crippen molar-refractivity contribution in [2.24, 2.45) is 0 Å². The number of rotatable bonds is 5. The zero-order valence-electron chi connectivity index (χ0n) is 14.6. The number of hydrogen-bond acceptors (Lipinski definition) is 5. The van der Waals surface area contributed by atoms with E-state index in [1.54, 1.807) is 4.57 Å². The number of carbonyl (C=O) groups is 1. The molecule has 0 fully saturated rings. The summed E-state index contributed by atoms with van der Waals surface area (Å²) in [5, 5.41) is 12.0. The molecule has 0 bridgehead atoms. The van der Waals surface area contributed by atoms with Gasteiger partial charge >= 0.3 is 5.69 Å². The third-order valence-corrected chi connectivity index (χ3v) is 5.12. The average molecular weight is 379 g/mol. The predicted octanol–water partition coefficient (Wildman–Crippen LogP) is 2.98. The Bertz CT molecular complexity index is 1160. The number of nitrogens with one attached hydrogen (secondary N) is 1. The lowest BCUT2D eigenvalue weighted by Gasteiger charge is -2.03. The SMILES string of the molecule is CCn1c(=O)n(CC(=O)Nc2nnc(-c3ccccc3)s2)c2ccccc21. The Labute approximate surface area is 158 Å². The molecule has 2 heterocycles. The molecular formula is C19H17N5O2S. The van der Waals surface area contributed by atoms with Crippen LogP contribution < -0.4 is 11.0 Å². The summed E-state index contributed by atoms with van der Waals surface area (Å²) in [6, 6.07) is 17.1. The molecule has 0 saturated heterocycles. The van der Waals surface area contributed by atoms with Crippen molar-refractivity contribution in [1.29, 1.82) is 0 Å². The fraction of sp³-hybridized carbons (Fsp3) is 0.158. The molecule has 0 unspecified atom stereocenters. The quantitative estimate of drug-likeness (QED) is 0.578. The smallest absolute Gasteiger partial charge is 0.299 e. The number of imidazole rings is 1. The monoisotopic (exact) mass is 379 g/mol. The normalized spacial score (nSPS) is 11.0. The van der Waals surface area contributed by atoms with Gasteiger partial charge in [-0.25, -0.2) is 4.79 Å². The Balaban J connectivity index is 1.56. The van der Waals surface area contributed by atoms with E-state index >= 15 is 0 Å². The molecule has 7 nitrogen and oxygen atoms in total. The zero-order valence-corrected chi connectivity index (χ0v) is 15.4. The highest BCUT2D eigenvalue weighted by Crippen LogP contribution is 2.25. The lowest BCUT2D eigenvalue weighted by molar-refractivity contribution is -0.116. The maximum atomic E-state index is 12.6. The van der Waals surface area contributed by atoms with E-state index < -0.39 is 0 Å². The molecule has 0 spiro atoms. The maximum absolute atomic E-state index is 12.6. The summed E-state index contributed by atoms with van der Waals surface area (Å²) in [5.41, 5.74) is 2.30. The molecular weight excluding hydrogens is 362 g/mol. The maximum Gasteiger partial charge on any atom is 0.329 e. The van der Waals surface area contributed by atoms with E-state index in [1.165, 1.54) is 15.9 Å². The number of anilines is 1. The van der Waals surface area contributed by atoms with Crippen LogP contribution in [0.4, 0.5) is 5.13 Å². The van der Waals surface area contributed by atoms with Crippen LogP contribution in [0.2, 0.25) is 0 Å². The van der Waals surface area contributed by atoms with Crippen LogP contribution in [0.1, 0.15) is 6.92 Å². The molecule has 4 rings (SSSR count). The summed E-state index contributed by atoms with van der Waals surface area (Å²) in [4.78, 5) is 25.1. The number of nitrogens with zero attached hydrogens (tertiary/aromatic N) is 4. The summed E-state index contributed by atoms with van der Waals surface area (Å²) >= 11 is 1.30. The van der Waals surface area contributed by atoms with Crippen molar-refractivity contribution >= 4 is 33.4 Å². The lowest BCUT2D eigenvalue weighted by atomic mass is 10.2. The van der Waals surface area contributed by atoms with Gasteiger partial charge in [0.25, 0.3) is 0 Å². The molecule has 27 heavy (non-hydrogen) atoms. The van der Waals surface area contributed by atoms with E-state index in [0.717, 1.165) is 21.6 Å². The summed E-state index contributed by atoms with van der Waals surface area (Å²) in [7, 11) is 0. The van der Waals surface area contributed by atoms with Crippen LogP contribution in [0.25, 0.3) is 21.6 Å². The number of para-hydroxylation sites is 2. The third kappa shape index (κ3) is 3.26. The Morgan fingerprint density at radius 2 is 1.67 bits per heavy atom. The number of fused-ring (bicyclic) bond motifs is 1. The molecule has 136 valence electrons. The van der Waals surface area contributed by atoms with Gasteiger partial charge in [-0.05, 0) is 19.1 Å². The minimum Gasteiger partial charge on any atom is -0.299 e. The fourth-order valence-corrected chi connectivity index (χ4v) is 3.77. The van der Waals surface area contributed by atoms with E-state index in [2.05, 4.69) is 15.5 Å². The van der Waals surface area contributed by atoms with Crippen molar-refractivity contribution in [3.05, 3.63) is 65.1 Å². The van der Waals surface area contributed by atoms with Crippen LogP contribution in [0.3, 0.4) is 0 Å². The Hall–Kier alpha value is -3.26. The van der Waals surface area contributed by atoms with Gasteiger partial charge in [0.1, 0.15) is 11.6 Å². The van der Waals surface area contributed by atoms with Gasteiger partial charge in [0.2, 0.25) is 11.0 Å². The van der Waals surface area contributed by atoms with Crippen LogP contribution in [0.15, 0.2) is 59.4 Å². The number of aryl methyl sites for hydroxylation is 1. The van der Waals surface area contributed by atoms with E-state index in [1.807, 2.05) is 61.5 Å². The highest BCUT2D eigenvalue weighted by Gasteiger charge is 2.16. The van der Waals surface area contributed by atoms with Crippen molar-refractivity contribution < 1.29 is 4.79 Å². The Kier molecular flexibility index (Phi) is 4.55. The van der Waals surface area contributed by atoms with Gasteiger partial charge in [-0.1, -0.05) is 53.8 Å². The largest absolute Gasteiger partial charge is 0.329 e. The molecule has 0 aliphatic carbocycles. The minimum absolute atomic E-state index is 0.0768. The van der Waals surface area contributed by atoms with E-state index in [-0.39, 0.29) is 18.1 Å². The summed E-state index contributed by atoms with van der Waals surface area (Å²) in [5.74, 6) is -0.313. The standard InChI is InChI=1S/C19H17N5O2S/c1-2-23-14-10-6-7-11-15(14)24(19(23)26)12-16(25)20-18-22-21-17(27-18)13-8-4-3-5-9-13/h3-11H,2,12H2,1H3,(H,20,22,25). The molecule has 0 radical (unpaired) electrons. The second-order valence-electron chi connectivity index (χ2n) is 5.93. The summed E-state index contributed by atoms with van der Waals surface area (Å²) in [6.45, 7) is 2.38. The van der Waals surface area contributed by atoms with Crippen molar-refractivity contribution in [3.8, 4) is 10.6 Å². The minimum atomic E-state index is -0.313. The first-order valence-corrected chi connectivity index (χ1v) is 9.36. The van der Waals surface area contributed by atoms with Crippen molar-refractivity contribution in [3.63, 3.8) is 0 Å². The topological polar surface area (TPSA) is 81.8 Å². The van der Waals surface area contributed by atoms with Gasteiger partial charge in [-0.15, -0.1) is 10.2 Å². The first kappa shape index (κ1) is 17.2. The van der Waals surface area contributed by atoms with Crippen molar-refractivity contribution in [1.82, 2.24) is 19.3 Å². The van der Waals surface area contributed by atoms with Crippen LogP contribution in [0.5, 0.6) is 0 Å². The number of hydrogen-bond donors (Lipinski definition) is 1. The molecule has 4 aromatic rings. The highest BCUT2D eigenvalue weighted by atomic mass is 32.1. The molecule has 1 N–H and O–H groups in total. The van der Waals surface area contributed by atoms with Crippen LogP contribution >= 0.6 is 11.3 Å². The van der Waals surface area contributed by atoms with Crippen LogP contribution in [-0.2, 0) is 17.9 Å². The molecule has 0 aliphatic heterocycles. The van der Waals surface area contributed by atoms with Gasteiger partial charge in [0.15, 0.2) is 0 Å². The average Bonchev–Trinajstić information content (AvgIpc) is 3.26. The van der Waals surface area contributed by atoms with Crippen LogP contribution in [-0.4, -0.2) is 25.2 Å². The van der Waals surface area contributed by atoms with Gasteiger partial charge in [0, 0.05) is 12.1 Å². The first-order valence-electron chi connectivity index (χ1n) is 8.54. The van der Waals surface area contributed by atoms with Gasteiger partial charge in [-0.3, -0.25) is 19.2 Å². The number of benzene rings is 2. The summed E-state index contributed by atoms with van der Waals surface area (Å²) in [6.07, 6.45) is 0. The molecule has 0 atom stereocenters. The molecule has 2 aromatic heterocycles. The van der Waals surface area contributed by atoms with Crippen LogP contribution in [0, 0.1) is 0 Å². The third-order valence-electron chi connectivity index (χ3n) is 4.24. The van der Waals surface area contributed by atoms with E-state index in [9.17, 15) is 9.59 Å². The second kappa shape index (κ2) is 7.16. The molecule has 0 aliphatic rings. The second-order valence-corrected chi connectivity index (χ2v) is 6.91. The van der Waals surface area contributed by atoms with Crippen molar-refractivity contribution in [2.45, 2.75) is 20.0 Å². The van der Waals surface area contributed by atoms with E-state index in [0.29, 0.717) is 11.7 Å². The number of amides is 1. The Morgan fingerprint density at radius 3 is 2.37 bits per heavy atom.